The number of nitrogens with zero attached hydrogens (tertiary/aromatic N) is 2. The van der Waals surface area contributed by atoms with E-state index in [0.717, 1.165) is 18.5 Å². The van der Waals surface area contributed by atoms with Crippen LogP contribution in [0.3, 0.4) is 0 Å². The highest BCUT2D eigenvalue weighted by Crippen LogP contribution is 2.39. The molecule has 130 valence electrons. The molecule has 0 aromatic heterocycles. The van der Waals surface area contributed by atoms with Crippen molar-refractivity contribution >= 4 is 11.7 Å². The zero-order valence-corrected chi connectivity index (χ0v) is 14.3. The Hall–Kier alpha value is -2.11. The third kappa shape index (κ3) is 3.09. The Bertz CT molecular complexity index is 646. The second kappa shape index (κ2) is 6.79. The van der Waals surface area contributed by atoms with Gasteiger partial charge in [-0.05, 0) is 37.2 Å². The topological polar surface area (TPSA) is 75.5 Å². The Labute approximate surface area is 142 Å². The maximum absolute atomic E-state index is 12.6. The number of nitro groups is 1. The monoisotopic (exact) mass is 331 g/mol. The summed E-state index contributed by atoms with van der Waals surface area (Å²) in [6.07, 6.45) is 4.79. The van der Waals surface area contributed by atoms with Crippen LogP contribution >= 0.6 is 0 Å². The lowest BCUT2D eigenvalue weighted by molar-refractivity contribution is -0.385. The second-order valence-corrected chi connectivity index (χ2v) is 7.12. The van der Waals surface area contributed by atoms with Gasteiger partial charge in [0, 0.05) is 30.8 Å². The highest BCUT2D eigenvalue weighted by molar-refractivity contribution is 5.75. The number of nitro benzene ring substituents is 1. The lowest BCUT2D eigenvalue weighted by atomic mass is 9.80. The van der Waals surface area contributed by atoms with E-state index in [2.05, 4.69) is 12.2 Å². The molecule has 3 rings (SSSR count). The number of benzene rings is 1. The summed E-state index contributed by atoms with van der Waals surface area (Å²) in [6, 6.07) is 5.32. The number of likely N-dealkylation sites (tertiary alicyclic amines) is 1. The minimum absolute atomic E-state index is 0.0397. The van der Waals surface area contributed by atoms with E-state index in [9.17, 15) is 14.9 Å². The highest BCUT2D eigenvalue weighted by Gasteiger charge is 2.42. The average molecular weight is 331 g/mol. The molecule has 1 heterocycles. The summed E-state index contributed by atoms with van der Waals surface area (Å²) in [6.45, 7) is 5.11. The van der Waals surface area contributed by atoms with Crippen molar-refractivity contribution in [1.82, 2.24) is 10.2 Å². The van der Waals surface area contributed by atoms with Crippen molar-refractivity contribution in [3.63, 3.8) is 0 Å². The van der Waals surface area contributed by atoms with Crippen molar-refractivity contribution in [3.8, 4) is 0 Å². The minimum Gasteiger partial charge on any atom is -0.334 e. The molecule has 1 saturated carbocycles. The predicted molar refractivity (Wildman–Crippen MR) is 91.7 cm³/mol. The van der Waals surface area contributed by atoms with Gasteiger partial charge in [-0.25, -0.2) is 4.79 Å². The fourth-order valence-corrected chi connectivity index (χ4v) is 4.34. The van der Waals surface area contributed by atoms with Gasteiger partial charge < -0.3 is 10.2 Å². The largest absolute Gasteiger partial charge is 0.334 e. The first-order valence-corrected chi connectivity index (χ1v) is 8.76. The highest BCUT2D eigenvalue weighted by atomic mass is 16.6. The molecule has 1 aliphatic heterocycles. The number of nitrogens with one attached hydrogen (secondary N) is 1. The van der Waals surface area contributed by atoms with Crippen LogP contribution in [0.2, 0.25) is 0 Å². The fraction of sp³-hybridized carbons (Fsp3) is 0.611. The summed E-state index contributed by atoms with van der Waals surface area (Å²) in [5.74, 6) is 1.18. The first-order chi connectivity index (χ1) is 11.5. The van der Waals surface area contributed by atoms with E-state index in [1.54, 1.807) is 13.0 Å². The molecule has 1 N–H and O–H groups in total. The standard InChI is InChI=1S/C18H25N3O3/c1-12-11-20(17-8-4-3-7-15(12)17)18(22)19-10-14-6-5-9-16(13(14)2)21(23)24/h5-6,9,12,15,17H,3-4,7-8,10-11H2,1-2H3,(H,19,22). The normalized spacial score (nSPS) is 26.1. The number of hydrogen-bond donors (Lipinski definition) is 1. The van der Waals surface area contributed by atoms with Crippen LogP contribution in [0.4, 0.5) is 10.5 Å². The third-order valence-electron chi connectivity index (χ3n) is 5.70. The van der Waals surface area contributed by atoms with Crippen LogP contribution in [0.25, 0.3) is 0 Å². The van der Waals surface area contributed by atoms with E-state index >= 15 is 0 Å². The molecule has 1 aromatic carbocycles. The Morgan fingerprint density at radius 3 is 2.88 bits per heavy atom. The van der Waals surface area contributed by atoms with E-state index in [1.807, 2.05) is 11.0 Å². The van der Waals surface area contributed by atoms with Crippen molar-refractivity contribution in [2.45, 2.75) is 52.1 Å². The van der Waals surface area contributed by atoms with E-state index in [-0.39, 0.29) is 16.6 Å². The maximum atomic E-state index is 12.6. The number of hydrogen-bond acceptors (Lipinski definition) is 3. The molecular weight excluding hydrogens is 306 g/mol. The summed E-state index contributed by atoms with van der Waals surface area (Å²) in [7, 11) is 0. The molecule has 2 amide bonds. The molecule has 1 saturated heterocycles. The smallest absolute Gasteiger partial charge is 0.317 e. The van der Waals surface area contributed by atoms with Crippen molar-refractivity contribution in [1.29, 1.82) is 0 Å². The fourth-order valence-electron chi connectivity index (χ4n) is 4.34. The molecule has 1 aromatic rings. The van der Waals surface area contributed by atoms with Crippen LogP contribution in [-0.2, 0) is 6.54 Å². The molecule has 6 nitrogen and oxygen atoms in total. The average Bonchev–Trinajstić information content (AvgIpc) is 2.91. The van der Waals surface area contributed by atoms with Crippen LogP contribution in [0.1, 0.15) is 43.7 Å². The maximum Gasteiger partial charge on any atom is 0.317 e. The minimum atomic E-state index is -0.380. The molecule has 24 heavy (non-hydrogen) atoms. The Balaban J connectivity index is 1.66. The van der Waals surface area contributed by atoms with Gasteiger partial charge in [-0.15, -0.1) is 0 Å². The van der Waals surface area contributed by atoms with E-state index < -0.39 is 0 Å². The van der Waals surface area contributed by atoms with Gasteiger partial charge in [0.1, 0.15) is 0 Å². The Morgan fingerprint density at radius 1 is 1.38 bits per heavy atom. The van der Waals surface area contributed by atoms with Gasteiger partial charge in [-0.3, -0.25) is 10.1 Å². The molecule has 2 fully saturated rings. The van der Waals surface area contributed by atoms with Crippen LogP contribution in [0.5, 0.6) is 0 Å². The molecule has 2 aliphatic rings. The van der Waals surface area contributed by atoms with E-state index in [0.29, 0.717) is 30.0 Å². The molecule has 3 unspecified atom stereocenters. The van der Waals surface area contributed by atoms with Crippen LogP contribution in [0.15, 0.2) is 18.2 Å². The van der Waals surface area contributed by atoms with E-state index in [1.165, 1.54) is 25.3 Å². The van der Waals surface area contributed by atoms with Gasteiger partial charge in [0.15, 0.2) is 0 Å². The van der Waals surface area contributed by atoms with Crippen LogP contribution in [-0.4, -0.2) is 28.4 Å². The summed E-state index contributed by atoms with van der Waals surface area (Å²) in [5.41, 5.74) is 1.52. The van der Waals surface area contributed by atoms with Gasteiger partial charge in [-0.2, -0.15) is 0 Å². The summed E-state index contributed by atoms with van der Waals surface area (Å²) >= 11 is 0. The van der Waals surface area contributed by atoms with Gasteiger partial charge >= 0.3 is 6.03 Å². The first kappa shape index (κ1) is 16.7. The van der Waals surface area contributed by atoms with Crippen LogP contribution < -0.4 is 5.32 Å². The SMILES string of the molecule is Cc1c(CNC(=O)N2CC(C)C3CCCCC32)cccc1[N+](=O)[O-]. The van der Waals surface area contributed by atoms with Crippen molar-refractivity contribution < 1.29 is 9.72 Å². The van der Waals surface area contributed by atoms with Gasteiger partial charge in [-0.1, -0.05) is 31.9 Å². The first-order valence-electron chi connectivity index (χ1n) is 8.76. The van der Waals surface area contributed by atoms with E-state index in [4.69, 9.17) is 0 Å². The number of carbonyl (C=O) groups is 1. The molecule has 3 atom stereocenters. The summed E-state index contributed by atoms with van der Waals surface area (Å²) < 4.78 is 0. The van der Waals surface area contributed by atoms with Gasteiger partial charge in [0.05, 0.1) is 4.92 Å². The second-order valence-electron chi connectivity index (χ2n) is 7.12. The third-order valence-corrected chi connectivity index (χ3v) is 5.70. The zero-order valence-electron chi connectivity index (χ0n) is 14.3. The Kier molecular flexibility index (Phi) is 4.73. The van der Waals surface area contributed by atoms with Crippen LogP contribution in [0, 0.1) is 28.9 Å². The number of carbonyl (C=O) groups excluding carboxylic acids is 1. The Morgan fingerprint density at radius 2 is 2.12 bits per heavy atom. The molecule has 1 aliphatic carbocycles. The zero-order chi connectivity index (χ0) is 17.3. The predicted octanol–water partition coefficient (Wildman–Crippen LogP) is 3.62. The van der Waals surface area contributed by atoms with Crippen molar-refractivity contribution in [3.05, 3.63) is 39.4 Å². The number of amides is 2. The number of rotatable bonds is 3. The quantitative estimate of drug-likeness (QED) is 0.679. The molecular formula is C18H25N3O3. The summed E-state index contributed by atoms with van der Waals surface area (Å²) in [4.78, 5) is 25.3. The molecule has 0 spiro atoms. The number of fused-ring (bicyclic) bond motifs is 1. The summed E-state index contributed by atoms with van der Waals surface area (Å²) in [5, 5.41) is 14.0. The lowest BCUT2D eigenvalue weighted by Gasteiger charge is -2.32. The molecule has 6 heteroatoms. The van der Waals surface area contributed by atoms with Gasteiger partial charge in [0.2, 0.25) is 0 Å². The van der Waals surface area contributed by atoms with Crippen molar-refractivity contribution in [2.24, 2.45) is 11.8 Å². The lowest BCUT2D eigenvalue weighted by Crippen LogP contribution is -2.44. The van der Waals surface area contributed by atoms with Gasteiger partial charge in [0.25, 0.3) is 5.69 Å². The number of urea groups is 1. The van der Waals surface area contributed by atoms with Crippen molar-refractivity contribution in [2.75, 3.05) is 6.54 Å². The molecule has 0 bridgehead atoms. The molecule has 0 radical (unpaired) electrons.